The quantitative estimate of drug-likeness (QED) is 0.645. The average molecular weight is 351 g/mol. The van der Waals surface area contributed by atoms with Crippen molar-refractivity contribution in [3.8, 4) is 5.75 Å². The third kappa shape index (κ3) is 4.21. The molecule has 1 rings (SSSR count). The fourth-order valence-electron chi connectivity index (χ4n) is 1.54. The zero-order chi connectivity index (χ0) is 14.6. The second-order valence-electron chi connectivity index (χ2n) is 3.96. The highest BCUT2D eigenvalue weighted by molar-refractivity contribution is 9.10. The van der Waals surface area contributed by atoms with Crippen molar-refractivity contribution in [1.82, 2.24) is 0 Å². The monoisotopic (exact) mass is 350 g/mol. The largest absolute Gasteiger partial charge is 0.506 e. The number of rotatable bonds is 5. The van der Waals surface area contributed by atoms with Crippen molar-refractivity contribution in [3.05, 3.63) is 23.8 Å². The van der Waals surface area contributed by atoms with E-state index in [1.54, 1.807) is 13.0 Å². The Kier molecular flexibility index (Phi) is 5.37. The van der Waals surface area contributed by atoms with Gasteiger partial charge in [0.25, 0.3) is 0 Å². The molecule has 0 saturated heterocycles. The number of benzene rings is 1. The molecule has 0 fully saturated rings. The highest BCUT2D eigenvalue weighted by Gasteiger charge is 2.21. The van der Waals surface area contributed by atoms with Crippen LogP contribution in [0.5, 0.6) is 5.75 Å². The molecule has 0 bridgehead atoms. The lowest BCUT2D eigenvalue weighted by Crippen LogP contribution is -2.19. The number of halogens is 1. The summed E-state index contributed by atoms with van der Waals surface area (Å²) in [5, 5.41) is 9.93. The van der Waals surface area contributed by atoms with Crippen LogP contribution in [0, 0.1) is 0 Å². The summed E-state index contributed by atoms with van der Waals surface area (Å²) in [6.45, 7) is 1.95. The Morgan fingerprint density at radius 1 is 1.47 bits per heavy atom. The second kappa shape index (κ2) is 6.38. The van der Waals surface area contributed by atoms with Crippen LogP contribution in [0.25, 0.3) is 0 Å². The smallest absolute Gasteiger partial charge is 0.320 e. The molecule has 1 N–H and O–H groups in total. The summed E-state index contributed by atoms with van der Waals surface area (Å²) in [5.41, 5.74) is 0.373. The minimum Gasteiger partial charge on any atom is -0.506 e. The molecule has 0 aliphatic carbocycles. The molecule has 19 heavy (non-hydrogen) atoms. The fraction of sp³-hybridized carbons (Fsp3) is 0.417. The standard InChI is InChI=1S/C12H15BrO5S/c1-3-18-12(15)9(13)7-8-5-4-6-10(11(8)14)19(2,16)17/h4-6,9,14H,3,7H2,1-2H3. The van der Waals surface area contributed by atoms with Crippen LogP contribution in [0.3, 0.4) is 0 Å². The zero-order valence-electron chi connectivity index (χ0n) is 10.6. The van der Waals surface area contributed by atoms with Crippen molar-refractivity contribution in [3.63, 3.8) is 0 Å². The van der Waals surface area contributed by atoms with Crippen LogP contribution in [0.15, 0.2) is 23.1 Å². The summed E-state index contributed by atoms with van der Waals surface area (Å²) in [5.74, 6) is -0.773. The second-order valence-corrected chi connectivity index (χ2v) is 7.05. The van der Waals surface area contributed by atoms with Gasteiger partial charge in [-0.25, -0.2) is 8.42 Å². The summed E-state index contributed by atoms with van der Waals surface area (Å²) >= 11 is 3.16. The van der Waals surface area contributed by atoms with Gasteiger partial charge in [0.1, 0.15) is 15.5 Å². The molecule has 0 radical (unpaired) electrons. The maximum absolute atomic E-state index is 11.5. The van der Waals surface area contributed by atoms with E-state index < -0.39 is 20.6 Å². The molecule has 0 aliphatic heterocycles. The fourth-order valence-corrected chi connectivity index (χ4v) is 2.83. The van der Waals surface area contributed by atoms with E-state index in [1.807, 2.05) is 0 Å². The molecular formula is C12H15BrO5S. The number of phenolic OH excluding ortho intramolecular Hbond substituents is 1. The normalized spacial score (nSPS) is 13.0. The van der Waals surface area contributed by atoms with E-state index in [1.165, 1.54) is 12.1 Å². The molecule has 1 aromatic carbocycles. The van der Waals surface area contributed by atoms with Crippen molar-refractivity contribution in [2.45, 2.75) is 23.1 Å². The van der Waals surface area contributed by atoms with Crippen molar-refractivity contribution in [1.29, 1.82) is 0 Å². The Morgan fingerprint density at radius 2 is 2.11 bits per heavy atom. The predicted octanol–water partition coefficient (Wildman–Crippen LogP) is 1.66. The number of aromatic hydroxyl groups is 1. The summed E-state index contributed by atoms with van der Waals surface area (Å²) < 4.78 is 27.8. The van der Waals surface area contributed by atoms with Gasteiger partial charge < -0.3 is 9.84 Å². The van der Waals surface area contributed by atoms with Crippen LogP contribution >= 0.6 is 15.9 Å². The van der Waals surface area contributed by atoms with Gasteiger partial charge in [0, 0.05) is 6.26 Å². The Labute approximate surface area is 120 Å². The number of esters is 1. The van der Waals surface area contributed by atoms with Gasteiger partial charge in [0.05, 0.1) is 6.61 Å². The van der Waals surface area contributed by atoms with Crippen molar-refractivity contribution in [2.75, 3.05) is 12.9 Å². The van der Waals surface area contributed by atoms with Crippen LogP contribution in [0.1, 0.15) is 12.5 Å². The highest BCUT2D eigenvalue weighted by Crippen LogP contribution is 2.28. The van der Waals surface area contributed by atoms with E-state index >= 15 is 0 Å². The molecule has 106 valence electrons. The van der Waals surface area contributed by atoms with Gasteiger partial charge in [-0.15, -0.1) is 0 Å². The van der Waals surface area contributed by atoms with Gasteiger partial charge in [-0.05, 0) is 25.0 Å². The molecule has 1 atom stereocenters. The van der Waals surface area contributed by atoms with E-state index in [-0.39, 0.29) is 23.7 Å². The van der Waals surface area contributed by atoms with Gasteiger partial charge in [0.15, 0.2) is 9.84 Å². The van der Waals surface area contributed by atoms with Crippen LogP contribution in [0.4, 0.5) is 0 Å². The van der Waals surface area contributed by atoms with Crippen LogP contribution in [-0.2, 0) is 25.8 Å². The van der Waals surface area contributed by atoms with E-state index in [9.17, 15) is 18.3 Å². The molecule has 0 saturated carbocycles. The summed E-state index contributed by atoms with van der Waals surface area (Å²) in [7, 11) is -3.50. The Balaban J connectivity index is 3.01. The minimum absolute atomic E-state index is 0.145. The van der Waals surface area contributed by atoms with Gasteiger partial charge in [-0.2, -0.15) is 0 Å². The first-order valence-electron chi connectivity index (χ1n) is 5.59. The maximum atomic E-state index is 11.5. The van der Waals surface area contributed by atoms with Gasteiger partial charge in [-0.3, -0.25) is 4.79 Å². The number of phenols is 1. The Hall–Kier alpha value is -1.08. The number of carbonyl (C=O) groups is 1. The maximum Gasteiger partial charge on any atom is 0.320 e. The van der Waals surface area contributed by atoms with E-state index in [2.05, 4.69) is 15.9 Å². The van der Waals surface area contributed by atoms with E-state index in [0.717, 1.165) is 6.26 Å². The molecule has 0 spiro atoms. The molecule has 5 nitrogen and oxygen atoms in total. The van der Waals surface area contributed by atoms with Gasteiger partial charge >= 0.3 is 5.97 Å². The number of sulfone groups is 1. The number of para-hydroxylation sites is 1. The first-order chi connectivity index (χ1) is 8.77. The highest BCUT2D eigenvalue weighted by atomic mass is 79.9. The molecular weight excluding hydrogens is 336 g/mol. The number of alkyl halides is 1. The predicted molar refractivity (Wildman–Crippen MR) is 74.3 cm³/mol. The third-order valence-electron chi connectivity index (χ3n) is 2.42. The van der Waals surface area contributed by atoms with E-state index in [4.69, 9.17) is 4.74 Å². The first kappa shape index (κ1) is 16.0. The number of carbonyl (C=O) groups excluding carboxylic acids is 1. The van der Waals surface area contributed by atoms with Crippen molar-refractivity contribution < 1.29 is 23.1 Å². The van der Waals surface area contributed by atoms with E-state index in [0.29, 0.717) is 5.56 Å². The number of hydrogen-bond donors (Lipinski definition) is 1. The van der Waals surface area contributed by atoms with Crippen LogP contribution in [0.2, 0.25) is 0 Å². The van der Waals surface area contributed by atoms with Crippen LogP contribution < -0.4 is 0 Å². The topological polar surface area (TPSA) is 80.7 Å². The van der Waals surface area contributed by atoms with Crippen molar-refractivity contribution in [2.24, 2.45) is 0 Å². The SMILES string of the molecule is CCOC(=O)C(Br)Cc1cccc(S(C)(=O)=O)c1O. The molecule has 7 heteroatoms. The minimum atomic E-state index is -3.50. The lowest BCUT2D eigenvalue weighted by molar-refractivity contribution is -0.142. The third-order valence-corrected chi connectivity index (χ3v) is 4.25. The molecule has 0 heterocycles. The summed E-state index contributed by atoms with van der Waals surface area (Å²) in [6, 6.07) is 4.41. The molecule has 1 unspecified atom stereocenters. The molecule has 0 amide bonds. The van der Waals surface area contributed by atoms with Crippen LogP contribution in [-0.4, -0.2) is 37.2 Å². The molecule has 1 aromatic rings. The number of hydrogen-bond acceptors (Lipinski definition) is 5. The lowest BCUT2D eigenvalue weighted by atomic mass is 10.1. The Bertz CT molecular complexity index is 567. The summed E-state index contributed by atoms with van der Waals surface area (Å²) in [4.78, 5) is 10.7. The van der Waals surface area contributed by atoms with Crippen molar-refractivity contribution >= 4 is 31.7 Å². The molecule has 0 aromatic heterocycles. The van der Waals surface area contributed by atoms with Gasteiger partial charge in [0.2, 0.25) is 0 Å². The summed E-state index contributed by atoms with van der Waals surface area (Å²) in [6.07, 6.45) is 1.16. The first-order valence-corrected chi connectivity index (χ1v) is 8.39. The molecule has 0 aliphatic rings. The lowest BCUT2D eigenvalue weighted by Gasteiger charge is -2.12. The van der Waals surface area contributed by atoms with Gasteiger partial charge in [-0.1, -0.05) is 28.1 Å². The zero-order valence-corrected chi connectivity index (χ0v) is 13.0. The average Bonchev–Trinajstić information content (AvgIpc) is 2.30. The Morgan fingerprint density at radius 3 is 2.63 bits per heavy atom. The number of ether oxygens (including phenoxy) is 1.